The van der Waals surface area contributed by atoms with Gasteiger partial charge in [0.1, 0.15) is 0 Å². The van der Waals surface area contributed by atoms with E-state index in [0.717, 1.165) is 12.0 Å². The first-order valence-electron chi connectivity index (χ1n) is 8.26. The van der Waals surface area contributed by atoms with Crippen LogP contribution in [-0.4, -0.2) is 23.9 Å². The Balaban J connectivity index is 1.47. The maximum absolute atomic E-state index is 9.95. The van der Waals surface area contributed by atoms with Gasteiger partial charge < -0.3 is 14.6 Å². The van der Waals surface area contributed by atoms with Crippen LogP contribution in [0, 0.1) is 5.92 Å². The minimum atomic E-state index is -0.277. The molecule has 0 aliphatic heterocycles. The third kappa shape index (κ3) is 4.90. The number of benzene rings is 2. The maximum Gasteiger partial charge on any atom is 0.0720 e. The summed E-state index contributed by atoms with van der Waals surface area (Å²) >= 11 is 0. The molecule has 1 fully saturated rings. The van der Waals surface area contributed by atoms with Gasteiger partial charge in [0.2, 0.25) is 0 Å². The monoisotopic (exact) mass is 312 g/mol. The summed E-state index contributed by atoms with van der Waals surface area (Å²) in [7, 11) is 0. The summed E-state index contributed by atoms with van der Waals surface area (Å²) in [5, 5.41) is 9.95. The van der Waals surface area contributed by atoms with Crippen molar-refractivity contribution in [1.82, 2.24) is 0 Å². The lowest BCUT2D eigenvalue weighted by molar-refractivity contribution is -0.0196. The van der Waals surface area contributed by atoms with Crippen molar-refractivity contribution >= 4 is 0 Å². The fourth-order valence-electron chi connectivity index (χ4n) is 3.12. The Labute approximate surface area is 137 Å². The Morgan fingerprint density at radius 3 is 2.09 bits per heavy atom. The van der Waals surface area contributed by atoms with E-state index < -0.39 is 0 Å². The molecule has 0 spiro atoms. The molecule has 3 rings (SSSR count). The van der Waals surface area contributed by atoms with E-state index in [1.807, 2.05) is 36.4 Å². The SMILES string of the molecule is OC1CC(OCc2ccccc2)[C@H](COCc2ccccc2)C1. The molecule has 0 amide bonds. The standard InChI is InChI=1S/C20H24O3/c21-19-11-18(15-22-13-16-7-3-1-4-8-16)20(12-19)23-14-17-9-5-2-6-10-17/h1-10,18-21H,11-15H2/t18-,19?,20?/m0/s1. The fourth-order valence-corrected chi connectivity index (χ4v) is 3.12. The normalized spacial score (nSPS) is 24.0. The van der Waals surface area contributed by atoms with E-state index in [1.54, 1.807) is 0 Å². The zero-order valence-electron chi connectivity index (χ0n) is 13.3. The Morgan fingerprint density at radius 1 is 0.826 bits per heavy atom. The van der Waals surface area contributed by atoms with Crippen LogP contribution in [-0.2, 0) is 22.7 Å². The zero-order valence-corrected chi connectivity index (χ0v) is 13.3. The third-order valence-electron chi connectivity index (χ3n) is 4.36. The smallest absolute Gasteiger partial charge is 0.0720 e. The van der Waals surface area contributed by atoms with Gasteiger partial charge >= 0.3 is 0 Å². The van der Waals surface area contributed by atoms with Crippen molar-refractivity contribution in [2.24, 2.45) is 5.92 Å². The van der Waals surface area contributed by atoms with Crippen LogP contribution in [0.1, 0.15) is 24.0 Å². The van der Waals surface area contributed by atoms with Crippen molar-refractivity contribution in [2.75, 3.05) is 6.61 Å². The summed E-state index contributed by atoms with van der Waals surface area (Å²) in [4.78, 5) is 0. The molecular weight excluding hydrogens is 288 g/mol. The highest BCUT2D eigenvalue weighted by Crippen LogP contribution is 2.30. The number of hydrogen-bond donors (Lipinski definition) is 1. The lowest BCUT2D eigenvalue weighted by atomic mass is 10.1. The molecule has 0 aromatic heterocycles. The summed E-state index contributed by atoms with van der Waals surface area (Å²) in [6, 6.07) is 20.3. The van der Waals surface area contributed by atoms with E-state index in [1.165, 1.54) is 5.56 Å². The molecule has 1 saturated carbocycles. The average molecular weight is 312 g/mol. The fraction of sp³-hybridized carbons (Fsp3) is 0.400. The van der Waals surface area contributed by atoms with Gasteiger partial charge in [-0.2, -0.15) is 0 Å². The molecule has 0 radical (unpaired) electrons. The van der Waals surface area contributed by atoms with Gasteiger partial charge in [-0.1, -0.05) is 60.7 Å². The summed E-state index contributed by atoms with van der Waals surface area (Å²) < 4.78 is 11.9. The molecule has 3 atom stereocenters. The van der Waals surface area contributed by atoms with Crippen LogP contribution in [0.5, 0.6) is 0 Å². The lowest BCUT2D eigenvalue weighted by Crippen LogP contribution is -2.22. The molecule has 1 N–H and O–H groups in total. The Bertz CT molecular complexity index is 570. The van der Waals surface area contributed by atoms with Crippen molar-refractivity contribution < 1.29 is 14.6 Å². The largest absolute Gasteiger partial charge is 0.393 e. The summed E-state index contributed by atoms with van der Waals surface area (Å²) in [5.74, 6) is 0.262. The van der Waals surface area contributed by atoms with E-state index >= 15 is 0 Å². The van der Waals surface area contributed by atoms with Crippen LogP contribution in [0.3, 0.4) is 0 Å². The van der Waals surface area contributed by atoms with E-state index in [9.17, 15) is 5.11 Å². The predicted octanol–water partition coefficient (Wildman–Crippen LogP) is 3.56. The number of hydrogen-bond acceptors (Lipinski definition) is 3. The number of rotatable bonds is 7. The highest BCUT2D eigenvalue weighted by atomic mass is 16.5. The van der Waals surface area contributed by atoms with Crippen LogP contribution in [0.15, 0.2) is 60.7 Å². The Morgan fingerprint density at radius 2 is 1.43 bits per heavy atom. The average Bonchev–Trinajstić information content (AvgIpc) is 2.95. The molecule has 0 saturated heterocycles. The quantitative estimate of drug-likeness (QED) is 0.849. The van der Waals surface area contributed by atoms with Crippen molar-refractivity contribution in [2.45, 2.75) is 38.3 Å². The van der Waals surface area contributed by atoms with Gasteiger partial charge in [-0.25, -0.2) is 0 Å². The molecule has 1 aliphatic carbocycles. The van der Waals surface area contributed by atoms with E-state index in [-0.39, 0.29) is 18.1 Å². The van der Waals surface area contributed by atoms with Crippen LogP contribution in [0.2, 0.25) is 0 Å². The maximum atomic E-state index is 9.95. The summed E-state index contributed by atoms with van der Waals surface area (Å²) in [6.07, 6.45) is 1.25. The minimum Gasteiger partial charge on any atom is -0.393 e. The van der Waals surface area contributed by atoms with Crippen molar-refractivity contribution in [3.63, 3.8) is 0 Å². The lowest BCUT2D eigenvalue weighted by Gasteiger charge is -2.20. The number of aliphatic hydroxyl groups excluding tert-OH is 1. The van der Waals surface area contributed by atoms with Gasteiger partial charge in [-0.3, -0.25) is 0 Å². The van der Waals surface area contributed by atoms with E-state index in [4.69, 9.17) is 9.47 Å². The molecule has 23 heavy (non-hydrogen) atoms. The predicted molar refractivity (Wildman–Crippen MR) is 89.8 cm³/mol. The van der Waals surface area contributed by atoms with Crippen molar-refractivity contribution in [1.29, 1.82) is 0 Å². The van der Waals surface area contributed by atoms with Crippen molar-refractivity contribution in [3.05, 3.63) is 71.8 Å². The molecule has 1 aliphatic rings. The first-order valence-corrected chi connectivity index (χ1v) is 8.26. The first kappa shape index (κ1) is 16.2. The number of ether oxygens (including phenoxy) is 2. The van der Waals surface area contributed by atoms with Crippen LogP contribution < -0.4 is 0 Å². The molecule has 122 valence electrons. The highest BCUT2D eigenvalue weighted by molar-refractivity contribution is 5.14. The van der Waals surface area contributed by atoms with E-state index in [0.29, 0.717) is 26.2 Å². The third-order valence-corrected chi connectivity index (χ3v) is 4.36. The Hall–Kier alpha value is -1.68. The van der Waals surface area contributed by atoms with Crippen LogP contribution in [0.25, 0.3) is 0 Å². The van der Waals surface area contributed by atoms with Gasteiger partial charge in [-0.05, 0) is 24.0 Å². The van der Waals surface area contributed by atoms with Crippen molar-refractivity contribution in [3.8, 4) is 0 Å². The molecule has 3 heteroatoms. The topological polar surface area (TPSA) is 38.7 Å². The van der Waals surface area contributed by atoms with Crippen LogP contribution in [0.4, 0.5) is 0 Å². The number of aliphatic hydroxyl groups is 1. The summed E-state index contributed by atoms with van der Waals surface area (Å²) in [6.45, 7) is 1.83. The second-order valence-corrected chi connectivity index (χ2v) is 6.22. The molecule has 3 nitrogen and oxygen atoms in total. The van der Waals surface area contributed by atoms with E-state index in [2.05, 4.69) is 24.3 Å². The molecule has 0 bridgehead atoms. The molecule has 2 aromatic carbocycles. The van der Waals surface area contributed by atoms with Gasteiger partial charge in [0.15, 0.2) is 0 Å². The van der Waals surface area contributed by atoms with Gasteiger partial charge in [0, 0.05) is 5.92 Å². The second kappa shape index (κ2) is 8.25. The van der Waals surface area contributed by atoms with Gasteiger partial charge in [-0.15, -0.1) is 0 Å². The Kier molecular flexibility index (Phi) is 5.81. The molecule has 2 aromatic rings. The van der Waals surface area contributed by atoms with Crippen LogP contribution >= 0.6 is 0 Å². The zero-order chi connectivity index (χ0) is 15.9. The molecule has 0 heterocycles. The van der Waals surface area contributed by atoms with Gasteiger partial charge in [0.25, 0.3) is 0 Å². The second-order valence-electron chi connectivity index (χ2n) is 6.22. The minimum absolute atomic E-state index is 0.0704. The van der Waals surface area contributed by atoms with Gasteiger partial charge in [0.05, 0.1) is 32.0 Å². The summed E-state index contributed by atoms with van der Waals surface area (Å²) in [5.41, 5.74) is 2.34. The first-order chi connectivity index (χ1) is 11.3. The molecular formula is C20H24O3. The highest BCUT2D eigenvalue weighted by Gasteiger charge is 2.34. The molecule has 2 unspecified atom stereocenters.